The van der Waals surface area contributed by atoms with Crippen LogP contribution in [-0.4, -0.2) is 126 Å². The van der Waals surface area contributed by atoms with Crippen LogP contribution in [-0.2, 0) is 14.2 Å². The first-order chi connectivity index (χ1) is 21.3. The second-order valence-corrected chi connectivity index (χ2v) is 10.5. The lowest BCUT2D eigenvalue weighted by atomic mass is 9.97. The summed E-state index contributed by atoms with van der Waals surface area (Å²) in [4.78, 5) is 13.9. The molecule has 10 N–H and O–H groups in total. The van der Waals surface area contributed by atoms with Crippen molar-refractivity contribution in [3.05, 3.63) is 34.5 Å². The number of phenols is 4. The van der Waals surface area contributed by atoms with Gasteiger partial charge in [0.15, 0.2) is 41.2 Å². The zero-order chi connectivity index (χ0) is 32.9. The SMILES string of the molecule is COc1cc2oc(-c3ccc(O)c(O)c3)c(O[C@H]3O[C@H](CO)[C@H](O)[C@@H](O)[C@H]3O[C@H]3O[C@@H](C)[C@H](O)[C@@H](O)[C@H]3O)c(=O)c2c(O)c1O. The number of methoxy groups -OCH3 is 1. The predicted octanol–water partition coefficient (Wildman–Crippen LogP) is -1.68. The molecule has 0 radical (unpaired) electrons. The molecule has 17 heteroatoms. The maximum absolute atomic E-state index is 13.9. The molecule has 3 aromatic rings. The molecule has 5 rings (SSSR count). The molecule has 0 amide bonds. The Morgan fingerprint density at radius 3 is 2.18 bits per heavy atom. The van der Waals surface area contributed by atoms with Gasteiger partial charge in [-0.15, -0.1) is 0 Å². The highest BCUT2D eigenvalue weighted by Crippen LogP contribution is 2.44. The predicted molar refractivity (Wildman–Crippen MR) is 147 cm³/mol. The van der Waals surface area contributed by atoms with Gasteiger partial charge in [0.25, 0.3) is 0 Å². The molecule has 45 heavy (non-hydrogen) atoms. The average molecular weight is 641 g/mol. The van der Waals surface area contributed by atoms with Crippen molar-refractivity contribution < 1.29 is 79.2 Å². The van der Waals surface area contributed by atoms with Gasteiger partial charge in [-0.1, -0.05) is 0 Å². The average Bonchev–Trinajstić information content (AvgIpc) is 3.02. The van der Waals surface area contributed by atoms with E-state index in [0.717, 1.165) is 18.2 Å². The molecule has 0 unspecified atom stereocenters. The number of aliphatic hydroxyl groups is 6. The summed E-state index contributed by atoms with van der Waals surface area (Å²) in [7, 11) is 1.18. The lowest BCUT2D eigenvalue weighted by Crippen LogP contribution is -2.64. The van der Waals surface area contributed by atoms with E-state index in [2.05, 4.69) is 0 Å². The zero-order valence-electron chi connectivity index (χ0n) is 23.6. The molecule has 0 spiro atoms. The molecule has 2 aromatic carbocycles. The molecular formula is C28H32O17. The number of benzene rings is 2. The van der Waals surface area contributed by atoms with E-state index in [1.165, 1.54) is 20.1 Å². The van der Waals surface area contributed by atoms with Crippen molar-refractivity contribution in [1.29, 1.82) is 0 Å². The summed E-state index contributed by atoms with van der Waals surface area (Å²) in [5.41, 5.74) is -1.50. The van der Waals surface area contributed by atoms with E-state index in [0.29, 0.717) is 0 Å². The number of ether oxygens (including phenoxy) is 5. The van der Waals surface area contributed by atoms with Gasteiger partial charge in [-0.2, -0.15) is 0 Å². The van der Waals surface area contributed by atoms with E-state index in [9.17, 15) is 55.9 Å². The minimum absolute atomic E-state index is 0.0598. The number of aliphatic hydroxyl groups excluding tert-OH is 6. The second kappa shape index (κ2) is 12.5. The fourth-order valence-electron chi connectivity index (χ4n) is 5.09. The smallest absolute Gasteiger partial charge is 0.239 e. The Morgan fingerprint density at radius 1 is 0.822 bits per heavy atom. The Kier molecular flexibility index (Phi) is 9.00. The summed E-state index contributed by atoms with van der Waals surface area (Å²) >= 11 is 0. The van der Waals surface area contributed by atoms with Crippen LogP contribution in [0.2, 0.25) is 0 Å². The van der Waals surface area contributed by atoms with E-state index in [1.54, 1.807) is 0 Å². The molecule has 17 nitrogen and oxygen atoms in total. The Morgan fingerprint density at radius 2 is 1.53 bits per heavy atom. The number of hydrogen-bond donors (Lipinski definition) is 10. The van der Waals surface area contributed by atoms with Gasteiger partial charge in [0.1, 0.15) is 47.6 Å². The van der Waals surface area contributed by atoms with Crippen LogP contribution in [0.3, 0.4) is 0 Å². The van der Waals surface area contributed by atoms with Crippen LogP contribution in [0, 0.1) is 0 Å². The van der Waals surface area contributed by atoms with E-state index >= 15 is 0 Å². The third kappa shape index (κ3) is 5.69. The van der Waals surface area contributed by atoms with Gasteiger partial charge in [-0.05, 0) is 25.1 Å². The molecule has 246 valence electrons. The first-order valence-electron chi connectivity index (χ1n) is 13.5. The van der Waals surface area contributed by atoms with Crippen molar-refractivity contribution in [3.63, 3.8) is 0 Å². The van der Waals surface area contributed by atoms with Crippen LogP contribution in [0.1, 0.15) is 6.92 Å². The van der Waals surface area contributed by atoms with Crippen molar-refractivity contribution in [1.82, 2.24) is 0 Å². The van der Waals surface area contributed by atoms with Crippen LogP contribution in [0.15, 0.2) is 33.5 Å². The van der Waals surface area contributed by atoms with Crippen LogP contribution in [0.5, 0.6) is 34.5 Å². The van der Waals surface area contributed by atoms with Gasteiger partial charge in [0.2, 0.25) is 23.2 Å². The van der Waals surface area contributed by atoms with Crippen LogP contribution >= 0.6 is 0 Å². The maximum atomic E-state index is 13.9. The second-order valence-electron chi connectivity index (χ2n) is 10.5. The first-order valence-corrected chi connectivity index (χ1v) is 13.5. The highest BCUT2D eigenvalue weighted by atomic mass is 16.8. The number of rotatable bonds is 7. The molecule has 0 aliphatic carbocycles. The third-order valence-electron chi connectivity index (χ3n) is 7.67. The molecule has 2 fully saturated rings. The van der Waals surface area contributed by atoms with Gasteiger partial charge in [0, 0.05) is 11.6 Å². The summed E-state index contributed by atoms with van der Waals surface area (Å²) in [6.45, 7) is 0.514. The van der Waals surface area contributed by atoms with Crippen molar-refractivity contribution in [2.45, 2.75) is 68.3 Å². The summed E-state index contributed by atoms with van der Waals surface area (Å²) < 4.78 is 33.5. The van der Waals surface area contributed by atoms with Gasteiger partial charge >= 0.3 is 0 Å². The maximum Gasteiger partial charge on any atom is 0.239 e. The molecule has 0 saturated carbocycles. The Balaban J connectivity index is 1.65. The summed E-state index contributed by atoms with van der Waals surface area (Å²) in [5.74, 6) is -4.38. The van der Waals surface area contributed by atoms with Gasteiger partial charge in [0.05, 0.1) is 19.8 Å². The molecule has 2 saturated heterocycles. The molecule has 0 bridgehead atoms. The van der Waals surface area contributed by atoms with Crippen LogP contribution < -0.4 is 14.9 Å². The lowest BCUT2D eigenvalue weighted by molar-refractivity contribution is -0.354. The number of aromatic hydroxyl groups is 4. The van der Waals surface area contributed by atoms with Gasteiger partial charge in [-0.3, -0.25) is 4.79 Å². The van der Waals surface area contributed by atoms with Crippen molar-refractivity contribution >= 4 is 11.0 Å². The quantitative estimate of drug-likeness (QED) is 0.129. The summed E-state index contributed by atoms with van der Waals surface area (Å²) in [6, 6.07) is 4.40. The van der Waals surface area contributed by atoms with Crippen molar-refractivity contribution in [2.24, 2.45) is 0 Å². The fraction of sp³-hybridized carbons (Fsp3) is 0.464. The van der Waals surface area contributed by atoms with Crippen LogP contribution in [0.4, 0.5) is 0 Å². The third-order valence-corrected chi connectivity index (χ3v) is 7.67. The Labute approximate surface area is 252 Å². The number of fused-ring (bicyclic) bond motifs is 1. The highest BCUT2D eigenvalue weighted by Gasteiger charge is 2.51. The topological polar surface area (TPSA) is 279 Å². The van der Waals surface area contributed by atoms with Crippen molar-refractivity contribution in [2.75, 3.05) is 13.7 Å². The number of hydrogen-bond acceptors (Lipinski definition) is 17. The van der Waals surface area contributed by atoms with Gasteiger partial charge < -0.3 is 79.2 Å². The summed E-state index contributed by atoms with van der Waals surface area (Å²) in [6.07, 6.45) is -16.9. The van der Waals surface area contributed by atoms with Crippen molar-refractivity contribution in [3.8, 4) is 45.8 Å². The molecule has 2 aliphatic rings. The Hall–Kier alpha value is -3.91. The normalized spacial score (nSPS) is 32.0. The standard InChI is InChI=1S/C28H32O17/c1-8-16(32)21(37)23(39)27(41-8)45-26-22(38)18(34)14(7-29)43-28(26)44-25-20(36)15-12(6-13(40-2)17(33)19(15)35)42-24(25)9-3-4-10(30)11(31)5-9/h3-6,8,14,16,18,21-23,26-35,37-39H,7H2,1-2H3/t8-,14+,16-,18-,21+,22+,23+,26+,27+,28+/m0/s1. The largest absolute Gasteiger partial charge is 0.504 e. The molecule has 1 aromatic heterocycles. The first kappa shape index (κ1) is 32.5. The minimum Gasteiger partial charge on any atom is -0.504 e. The monoisotopic (exact) mass is 640 g/mol. The highest BCUT2D eigenvalue weighted by molar-refractivity contribution is 5.91. The minimum atomic E-state index is -1.94. The molecule has 3 heterocycles. The lowest BCUT2D eigenvalue weighted by Gasteiger charge is -2.45. The van der Waals surface area contributed by atoms with E-state index < -0.39 is 113 Å². The van der Waals surface area contributed by atoms with E-state index in [4.69, 9.17) is 28.1 Å². The fourth-order valence-corrected chi connectivity index (χ4v) is 5.09. The molecular weight excluding hydrogens is 608 g/mol. The molecule has 2 aliphatic heterocycles. The summed E-state index contributed by atoms with van der Waals surface area (Å²) in [5, 5.41) is 103. The Bertz CT molecular complexity index is 1610. The molecule has 10 atom stereocenters. The zero-order valence-corrected chi connectivity index (χ0v) is 23.6. The van der Waals surface area contributed by atoms with E-state index in [-0.39, 0.29) is 16.9 Å². The van der Waals surface area contributed by atoms with Gasteiger partial charge in [-0.25, -0.2) is 0 Å². The van der Waals surface area contributed by atoms with E-state index in [1.807, 2.05) is 0 Å². The number of phenolic OH excluding ortho intramolecular Hbond substituents is 4. The van der Waals surface area contributed by atoms with Crippen LogP contribution in [0.25, 0.3) is 22.3 Å².